The minimum absolute atomic E-state index is 0.513. The third-order valence-electron chi connectivity index (χ3n) is 3.11. The van der Waals surface area contributed by atoms with Gasteiger partial charge in [0.2, 0.25) is 5.89 Å². The van der Waals surface area contributed by atoms with Gasteiger partial charge >= 0.3 is 0 Å². The summed E-state index contributed by atoms with van der Waals surface area (Å²) < 4.78 is 7.18. The summed E-state index contributed by atoms with van der Waals surface area (Å²) in [6.45, 7) is 2.49. The number of hydrogen-bond donors (Lipinski definition) is 0. The Hall–Kier alpha value is -2.43. The maximum absolute atomic E-state index is 11.0. The van der Waals surface area contributed by atoms with Crippen molar-refractivity contribution in [2.24, 2.45) is 0 Å². The highest BCUT2D eigenvalue weighted by atomic mass is 16.5. The van der Waals surface area contributed by atoms with Gasteiger partial charge in [-0.1, -0.05) is 24.2 Å². The van der Waals surface area contributed by atoms with Gasteiger partial charge in [-0.05, 0) is 12.1 Å². The summed E-state index contributed by atoms with van der Waals surface area (Å²) in [6, 6.07) is 7.57. The minimum atomic E-state index is 0.513. The average Bonchev–Trinajstić information content (AvgIpc) is 3.06. The van der Waals surface area contributed by atoms with Gasteiger partial charge in [0.05, 0.1) is 0 Å². The predicted octanol–water partition coefficient (Wildman–Crippen LogP) is 2.45. The first kappa shape index (κ1) is 11.6. The van der Waals surface area contributed by atoms with Gasteiger partial charge in [-0.2, -0.15) is 4.98 Å². The standard InChI is InChI=1S/C14H13N3O2/c1-2-13-15-14(19-16-13)8-17-7-6-11-10(9-18)4-3-5-12(11)17/h3-7,9H,2,8H2,1H3. The molecule has 0 aliphatic heterocycles. The van der Waals surface area contributed by atoms with Crippen molar-refractivity contribution in [2.75, 3.05) is 0 Å². The Labute approximate surface area is 109 Å². The first-order valence-corrected chi connectivity index (χ1v) is 6.16. The number of carbonyl (C=O) groups excluding carboxylic acids is 1. The second-order valence-electron chi connectivity index (χ2n) is 4.30. The number of fused-ring (bicyclic) bond motifs is 1. The van der Waals surface area contributed by atoms with Gasteiger partial charge in [-0.15, -0.1) is 0 Å². The summed E-state index contributed by atoms with van der Waals surface area (Å²) in [7, 11) is 0. The van der Waals surface area contributed by atoms with Gasteiger partial charge in [0.25, 0.3) is 0 Å². The van der Waals surface area contributed by atoms with Crippen molar-refractivity contribution in [1.29, 1.82) is 0 Å². The molecule has 0 saturated carbocycles. The second-order valence-corrected chi connectivity index (χ2v) is 4.30. The van der Waals surface area contributed by atoms with Gasteiger partial charge < -0.3 is 9.09 Å². The van der Waals surface area contributed by atoms with Crippen LogP contribution < -0.4 is 0 Å². The molecule has 0 N–H and O–H groups in total. The molecular formula is C14H13N3O2. The minimum Gasteiger partial charge on any atom is -0.338 e. The van der Waals surface area contributed by atoms with Crippen LogP contribution >= 0.6 is 0 Å². The van der Waals surface area contributed by atoms with Crippen molar-refractivity contribution in [3.63, 3.8) is 0 Å². The highest BCUT2D eigenvalue weighted by molar-refractivity contribution is 5.97. The fourth-order valence-corrected chi connectivity index (χ4v) is 2.13. The van der Waals surface area contributed by atoms with E-state index in [0.29, 0.717) is 23.8 Å². The molecule has 0 radical (unpaired) electrons. The Morgan fingerprint density at radius 1 is 1.37 bits per heavy atom. The van der Waals surface area contributed by atoms with E-state index in [1.54, 1.807) is 0 Å². The van der Waals surface area contributed by atoms with Crippen molar-refractivity contribution in [3.05, 3.63) is 47.7 Å². The SMILES string of the molecule is CCc1noc(Cn2ccc3c(C=O)cccc32)n1. The zero-order chi connectivity index (χ0) is 13.2. The van der Waals surface area contributed by atoms with Crippen LogP contribution in [0.1, 0.15) is 29.0 Å². The third kappa shape index (κ3) is 2.03. The fourth-order valence-electron chi connectivity index (χ4n) is 2.13. The molecule has 0 atom stereocenters. The Morgan fingerprint density at radius 3 is 3.00 bits per heavy atom. The van der Waals surface area contributed by atoms with Gasteiger partial charge in [-0.25, -0.2) is 0 Å². The molecule has 0 spiro atoms. The molecule has 2 heterocycles. The predicted molar refractivity (Wildman–Crippen MR) is 70.1 cm³/mol. The maximum atomic E-state index is 11.0. The van der Waals surface area contributed by atoms with E-state index in [4.69, 9.17) is 4.52 Å². The number of aryl methyl sites for hydroxylation is 1. The molecule has 2 aromatic heterocycles. The summed E-state index contributed by atoms with van der Waals surface area (Å²) in [6.07, 6.45) is 3.55. The summed E-state index contributed by atoms with van der Waals surface area (Å²) >= 11 is 0. The van der Waals surface area contributed by atoms with Crippen molar-refractivity contribution in [2.45, 2.75) is 19.9 Å². The zero-order valence-electron chi connectivity index (χ0n) is 10.5. The largest absolute Gasteiger partial charge is 0.338 e. The van der Waals surface area contributed by atoms with Crippen molar-refractivity contribution in [3.8, 4) is 0 Å². The van der Waals surface area contributed by atoms with E-state index in [0.717, 1.165) is 23.6 Å². The molecule has 1 aromatic carbocycles. The van der Waals surface area contributed by atoms with Gasteiger partial charge in [0.15, 0.2) is 12.1 Å². The average molecular weight is 255 g/mol. The number of aldehydes is 1. The summed E-state index contributed by atoms with van der Waals surface area (Å²) in [5.41, 5.74) is 1.68. The number of carbonyl (C=O) groups is 1. The molecule has 0 aliphatic rings. The molecule has 5 nitrogen and oxygen atoms in total. The van der Waals surface area contributed by atoms with E-state index in [1.807, 2.05) is 42.0 Å². The summed E-state index contributed by atoms with van der Waals surface area (Å²) in [4.78, 5) is 15.3. The highest BCUT2D eigenvalue weighted by Crippen LogP contribution is 2.20. The Bertz CT molecular complexity index is 727. The molecule has 0 bridgehead atoms. The normalized spacial score (nSPS) is 11.0. The lowest BCUT2D eigenvalue weighted by atomic mass is 10.1. The van der Waals surface area contributed by atoms with Crippen LogP contribution in [0, 0.1) is 0 Å². The second kappa shape index (κ2) is 4.68. The molecule has 5 heteroatoms. The number of benzene rings is 1. The molecule has 19 heavy (non-hydrogen) atoms. The quantitative estimate of drug-likeness (QED) is 0.672. The maximum Gasteiger partial charge on any atom is 0.246 e. The molecule has 0 fully saturated rings. The topological polar surface area (TPSA) is 60.9 Å². The van der Waals surface area contributed by atoms with E-state index in [-0.39, 0.29) is 0 Å². The van der Waals surface area contributed by atoms with Crippen LogP contribution in [0.2, 0.25) is 0 Å². The van der Waals surface area contributed by atoms with Crippen LogP contribution in [0.3, 0.4) is 0 Å². The summed E-state index contributed by atoms with van der Waals surface area (Å²) in [5.74, 6) is 1.28. The molecule has 3 aromatic rings. The van der Waals surface area contributed by atoms with Gasteiger partial charge in [0, 0.05) is 29.1 Å². The van der Waals surface area contributed by atoms with Crippen LogP contribution in [0.5, 0.6) is 0 Å². The van der Waals surface area contributed by atoms with E-state index >= 15 is 0 Å². The lowest BCUT2D eigenvalue weighted by Crippen LogP contribution is -1.98. The molecule has 0 unspecified atom stereocenters. The Morgan fingerprint density at radius 2 is 2.26 bits per heavy atom. The van der Waals surface area contributed by atoms with Crippen LogP contribution in [-0.4, -0.2) is 21.0 Å². The number of aromatic nitrogens is 3. The summed E-state index contributed by atoms with van der Waals surface area (Å²) in [5, 5.41) is 4.81. The van der Waals surface area contributed by atoms with E-state index in [2.05, 4.69) is 10.1 Å². The molecule has 0 saturated heterocycles. The van der Waals surface area contributed by atoms with Crippen molar-refractivity contribution < 1.29 is 9.32 Å². The van der Waals surface area contributed by atoms with Crippen LogP contribution in [0.15, 0.2) is 35.0 Å². The fraction of sp³-hybridized carbons (Fsp3) is 0.214. The molecule has 0 aliphatic carbocycles. The lowest BCUT2D eigenvalue weighted by Gasteiger charge is -2.01. The van der Waals surface area contributed by atoms with Crippen LogP contribution in [-0.2, 0) is 13.0 Å². The number of hydrogen-bond acceptors (Lipinski definition) is 4. The molecule has 96 valence electrons. The van der Waals surface area contributed by atoms with E-state index in [9.17, 15) is 4.79 Å². The van der Waals surface area contributed by atoms with Gasteiger partial charge in [0.1, 0.15) is 6.54 Å². The highest BCUT2D eigenvalue weighted by Gasteiger charge is 2.09. The first-order chi connectivity index (χ1) is 9.31. The van der Waals surface area contributed by atoms with Crippen molar-refractivity contribution in [1.82, 2.24) is 14.7 Å². The van der Waals surface area contributed by atoms with Crippen molar-refractivity contribution >= 4 is 17.2 Å². The Kier molecular flexibility index (Phi) is 2.87. The number of nitrogens with zero attached hydrogens (tertiary/aromatic N) is 3. The first-order valence-electron chi connectivity index (χ1n) is 6.16. The van der Waals surface area contributed by atoms with E-state index in [1.165, 1.54) is 0 Å². The molecular weight excluding hydrogens is 242 g/mol. The smallest absolute Gasteiger partial charge is 0.246 e. The molecule has 3 rings (SSSR count). The number of rotatable bonds is 4. The Balaban J connectivity index is 1.99. The van der Waals surface area contributed by atoms with Crippen LogP contribution in [0.4, 0.5) is 0 Å². The zero-order valence-corrected chi connectivity index (χ0v) is 10.5. The van der Waals surface area contributed by atoms with Gasteiger partial charge in [-0.3, -0.25) is 4.79 Å². The lowest BCUT2D eigenvalue weighted by molar-refractivity contribution is 0.112. The monoisotopic (exact) mass is 255 g/mol. The third-order valence-corrected chi connectivity index (χ3v) is 3.11. The van der Waals surface area contributed by atoms with E-state index < -0.39 is 0 Å². The molecule has 0 amide bonds. The van der Waals surface area contributed by atoms with Crippen LogP contribution in [0.25, 0.3) is 10.9 Å².